The fraction of sp³-hybridized carbons (Fsp3) is 0.333. The molecule has 1 aromatic rings. The van der Waals surface area contributed by atoms with E-state index < -0.39 is 0 Å². The molecule has 0 radical (unpaired) electrons. The van der Waals surface area contributed by atoms with Crippen LogP contribution in [0.25, 0.3) is 0 Å². The third-order valence-corrected chi connectivity index (χ3v) is 2.58. The lowest BCUT2D eigenvalue weighted by molar-refractivity contribution is -0.00000366. The Labute approximate surface area is 137 Å². The smallest absolute Gasteiger partial charge is 0.0891 e. The normalized spacial score (nSPS) is 12.3. The Morgan fingerprint density at radius 3 is 2.32 bits per heavy atom. The van der Waals surface area contributed by atoms with Crippen molar-refractivity contribution in [3.63, 3.8) is 0 Å². The predicted octanol–water partition coefficient (Wildman–Crippen LogP) is -0.796. The van der Waals surface area contributed by atoms with Crippen molar-refractivity contribution in [3.8, 4) is 0 Å². The number of hydrogen-bond donors (Lipinski definition) is 2. The number of nitrogen functional groups attached to an aromatic ring is 1. The van der Waals surface area contributed by atoms with Gasteiger partial charge in [0, 0.05) is 43.9 Å². The maximum absolute atomic E-state index is 5.62. The summed E-state index contributed by atoms with van der Waals surface area (Å²) >= 11 is 0. The monoisotopic (exact) mass is 369 g/mol. The summed E-state index contributed by atoms with van der Waals surface area (Å²) in [6, 6.07) is 7.82. The standard InChI is InChI=1S/C12H18N4.BrH.2ClH/c1-15-8-9-16(10-15)7-6-14-12-4-2-11(13)3-5-12;;;/h2-5,8-9,14H,6-7,10,13H2,1H3;3*1H/p-1. The van der Waals surface area contributed by atoms with Crippen LogP contribution in [0.2, 0.25) is 0 Å². The van der Waals surface area contributed by atoms with Crippen LogP contribution < -0.4 is 28.0 Å². The Morgan fingerprint density at radius 1 is 1.16 bits per heavy atom. The van der Waals surface area contributed by atoms with Crippen molar-refractivity contribution < 1.29 is 17.0 Å². The van der Waals surface area contributed by atoms with Gasteiger partial charge in [-0.3, -0.25) is 0 Å². The second kappa shape index (κ2) is 10.1. The van der Waals surface area contributed by atoms with E-state index in [-0.39, 0.29) is 41.8 Å². The third-order valence-electron chi connectivity index (χ3n) is 2.58. The largest absolute Gasteiger partial charge is 1.00 e. The van der Waals surface area contributed by atoms with E-state index in [1.165, 1.54) is 0 Å². The Morgan fingerprint density at radius 2 is 1.79 bits per heavy atom. The molecule has 0 unspecified atom stereocenters. The number of nitrogens with two attached hydrogens (primary N) is 1. The summed E-state index contributed by atoms with van der Waals surface area (Å²) in [5.41, 5.74) is 7.54. The van der Waals surface area contributed by atoms with Gasteiger partial charge in [-0.2, -0.15) is 0 Å². The highest BCUT2D eigenvalue weighted by atomic mass is 79.9. The van der Waals surface area contributed by atoms with Gasteiger partial charge in [-0.05, 0) is 24.3 Å². The molecule has 0 saturated carbocycles. The molecule has 1 aromatic carbocycles. The zero-order valence-electron chi connectivity index (χ0n) is 10.8. The number of halogens is 3. The second-order valence-corrected chi connectivity index (χ2v) is 4.06. The quantitative estimate of drug-likeness (QED) is 0.681. The minimum Gasteiger partial charge on any atom is -1.00 e. The number of nitrogens with zero attached hydrogens (tertiary/aromatic N) is 2. The molecule has 0 atom stereocenters. The second-order valence-electron chi connectivity index (χ2n) is 4.06. The number of rotatable bonds is 4. The first-order valence-corrected chi connectivity index (χ1v) is 5.46. The van der Waals surface area contributed by atoms with Crippen LogP contribution in [-0.4, -0.2) is 36.6 Å². The van der Waals surface area contributed by atoms with Gasteiger partial charge in [0.1, 0.15) is 0 Å². The molecule has 0 bridgehead atoms. The van der Waals surface area contributed by atoms with Gasteiger partial charge in [0.15, 0.2) is 0 Å². The maximum Gasteiger partial charge on any atom is 0.0891 e. The summed E-state index contributed by atoms with van der Waals surface area (Å²) in [6.45, 7) is 2.91. The van der Waals surface area contributed by atoms with Gasteiger partial charge in [0.05, 0.1) is 6.67 Å². The highest BCUT2D eigenvalue weighted by Crippen LogP contribution is 2.10. The van der Waals surface area contributed by atoms with Crippen LogP contribution in [0.1, 0.15) is 0 Å². The molecule has 0 aromatic heterocycles. The summed E-state index contributed by atoms with van der Waals surface area (Å²) in [4.78, 5) is 4.42. The van der Waals surface area contributed by atoms with E-state index in [1.807, 2.05) is 24.3 Å². The van der Waals surface area contributed by atoms with Gasteiger partial charge in [-0.15, -0.1) is 24.8 Å². The first-order chi connectivity index (χ1) is 7.74. The minimum atomic E-state index is 0. The highest BCUT2D eigenvalue weighted by molar-refractivity contribution is 5.85. The summed E-state index contributed by atoms with van der Waals surface area (Å²) < 4.78 is 0. The SMILES string of the molecule is CN1C=CN(CCNc2ccc(N)cc2)C1.Cl.Cl.[Br-]. The first-order valence-electron chi connectivity index (χ1n) is 5.46. The molecular weight excluding hydrogens is 351 g/mol. The van der Waals surface area contributed by atoms with E-state index in [0.29, 0.717) is 0 Å². The Bertz CT molecular complexity index is 372. The van der Waals surface area contributed by atoms with E-state index >= 15 is 0 Å². The van der Waals surface area contributed by atoms with Crippen LogP contribution in [0.5, 0.6) is 0 Å². The molecule has 1 aliphatic heterocycles. The van der Waals surface area contributed by atoms with Gasteiger partial charge >= 0.3 is 0 Å². The van der Waals surface area contributed by atoms with Gasteiger partial charge in [-0.25, -0.2) is 0 Å². The Hall–Kier alpha value is -0.780. The molecular formula is C12H20BrCl2N4-. The topological polar surface area (TPSA) is 44.5 Å². The number of hydrogen-bond acceptors (Lipinski definition) is 4. The highest BCUT2D eigenvalue weighted by Gasteiger charge is 2.06. The van der Waals surface area contributed by atoms with Gasteiger partial charge in [0.25, 0.3) is 0 Å². The molecule has 19 heavy (non-hydrogen) atoms. The van der Waals surface area contributed by atoms with Crippen molar-refractivity contribution in [2.75, 3.05) is 37.9 Å². The maximum atomic E-state index is 5.62. The Balaban J connectivity index is 0. The van der Waals surface area contributed by atoms with Crippen molar-refractivity contribution in [2.45, 2.75) is 0 Å². The van der Waals surface area contributed by atoms with E-state index in [2.05, 4.69) is 34.6 Å². The van der Waals surface area contributed by atoms with E-state index in [4.69, 9.17) is 5.73 Å². The summed E-state index contributed by atoms with van der Waals surface area (Å²) in [6.07, 6.45) is 4.20. The average Bonchev–Trinajstić information content (AvgIpc) is 2.67. The van der Waals surface area contributed by atoms with Crippen molar-refractivity contribution in [3.05, 3.63) is 36.7 Å². The molecule has 4 nitrogen and oxygen atoms in total. The molecule has 1 heterocycles. The van der Waals surface area contributed by atoms with E-state index in [9.17, 15) is 0 Å². The lowest BCUT2D eigenvalue weighted by Crippen LogP contribution is -3.00. The number of nitrogens with one attached hydrogen (secondary N) is 1. The fourth-order valence-corrected chi connectivity index (χ4v) is 1.68. The Kier molecular flexibility index (Phi) is 10.9. The summed E-state index contributed by atoms with van der Waals surface area (Å²) in [7, 11) is 2.07. The number of benzene rings is 1. The number of anilines is 2. The lowest BCUT2D eigenvalue weighted by atomic mass is 10.3. The molecule has 1 aliphatic rings. The average molecular weight is 371 g/mol. The molecule has 0 saturated heterocycles. The molecule has 7 heteroatoms. The molecule has 0 fully saturated rings. The van der Waals surface area contributed by atoms with Gasteiger partial charge in [-0.1, -0.05) is 0 Å². The van der Waals surface area contributed by atoms with Crippen LogP contribution in [0.4, 0.5) is 11.4 Å². The summed E-state index contributed by atoms with van der Waals surface area (Å²) in [5.74, 6) is 0. The fourth-order valence-electron chi connectivity index (χ4n) is 1.68. The first kappa shape index (κ1) is 20.5. The van der Waals surface area contributed by atoms with Crippen molar-refractivity contribution in [1.82, 2.24) is 9.80 Å². The third kappa shape index (κ3) is 6.80. The van der Waals surface area contributed by atoms with Crippen LogP contribution in [0, 0.1) is 0 Å². The van der Waals surface area contributed by atoms with Crippen molar-refractivity contribution >= 4 is 36.2 Å². The zero-order valence-corrected chi connectivity index (χ0v) is 14.0. The molecule has 2 rings (SSSR count). The van der Waals surface area contributed by atoms with E-state index in [1.54, 1.807) is 0 Å². The molecule has 0 aliphatic carbocycles. The van der Waals surface area contributed by atoms with Crippen LogP contribution in [-0.2, 0) is 0 Å². The predicted molar refractivity (Wildman–Crippen MR) is 82.3 cm³/mol. The van der Waals surface area contributed by atoms with Crippen molar-refractivity contribution in [1.29, 1.82) is 0 Å². The minimum absolute atomic E-state index is 0. The molecule has 0 amide bonds. The molecule has 110 valence electrons. The van der Waals surface area contributed by atoms with Crippen LogP contribution >= 0.6 is 24.8 Å². The zero-order chi connectivity index (χ0) is 11.4. The lowest BCUT2D eigenvalue weighted by Gasteiger charge is -2.18. The van der Waals surface area contributed by atoms with Crippen LogP contribution in [0.3, 0.4) is 0 Å². The molecule has 3 N–H and O–H groups in total. The summed E-state index contributed by atoms with van der Waals surface area (Å²) in [5, 5.41) is 3.36. The van der Waals surface area contributed by atoms with Crippen LogP contribution in [0.15, 0.2) is 36.7 Å². The molecule has 0 spiro atoms. The van der Waals surface area contributed by atoms with Gasteiger partial charge < -0.3 is 37.8 Å². The van der Waals surface area contributed by atoms with Crippen molar-refractivity contribution in [2.24, 2.45) is 0 Å². The van der Waals surface area contributed by atoms with E-state index in [0.717, 1.165) is 31.1 Å². The van der Waals surface area contributed by atoms with Gasteiger partial charge in [0.2, 0.25) is 0 Å².